The summed E-state index contributed by atoms with van der Waals surface area (Å²) in [6, 6.07) is 13.3. The molecular weight excluding hydrogens is 232 g/mol. The van der Waals surface area contributed by atoms with Gasteiger partial charge in [-0.3, -0.25) is 0 Å². The number of rotatable bonds is 2. The quantitative estimate of drug-likeness (QED) is 0.793. The second-order valence-corrected chi connectivity index (χ2v) is 5.51. The molecule has 0 aromatic heterocycles. The minimum atomic E-state index is 0.413. The number of anilines is 2. The first kappa shape index (κ1) is 12.1. The summed E-state index contributed by atoms with van der Waals surface area (Å²) in [4.78, 5) is 0. The Morgan fingerprint density at radius 3 is 2.79 bits per heavy atom. The molecule has 0 heterocycles. The summed E-state index contributed by atoms with van der Waals surface area (Å²) < 4.78 is 0. The summed E-state index contributed by atoms with van der Waals surface area (Å²) in [6.45, 7) is 4.29. The zero-order valence-electron chi connectivity index (χ0n) is 11.5. The monoisotopic (exact) mass is 252 g/mol. The fourth-order valence-electron chi connectivity index (χ4n) is 2.87. The molecule has 0 spiro atoms. The van der Waals surface area contributed by atoms with Gasteiger partial charge in [-0.1, -0.05) is 18.2 Å². The summed E-state index contributed by atoms with van der Waals surface area (Å²) in [7, 11) is 0. The Morgan fingerprint density at radius 1 is 1.11 bits per heavy atom. The van der Waals surface area contributed by atoms with E-state index in [1.807, 2.05) is 6.07 Å². The minimum absolute atomic E-state index is 0.413. The first-order valence-electron chi connectivity index (χ1n) is 6.85. The Hall–Kier alpha value is -1.96. The maximum Gasteiger partial charge on any atom is 0.0519 e. The molecule has 0 amide bonds. The fraction of sp³-hybridized carbons (Fsp3) is 0.294. The van der Waals surface area contributed by atoms with E-state index in [1.165, 1.54) is 27.9 Å². The molecular formula is C17H20N2. The molecule has 1 unspecified atom stereocenters. The molecule has 0 aliphatic heterocycles. The van der Waals surface area contributed by atoms with Gasteiger partial charge in [-0.15, -0.1) is 0 Å². The number of hydrogen-bond acceptors (Lipinski definition) is 2. The molecule has 0 saturated carbocycles. The van der Waals surface area contributed by atoms with E-state index in [0.717, 1.165) is 18.5 Å². The van der Waals surface area contributed by atoms with Crippen LogP contribution in [-0.4, -0.2) is 0 Å². The third-order valence-electron chi connectivity index (χ3n) is 3.97. The summed E-state index contributed by atoms with van der Waals surface area (Å²) >= 11 is 0. The molecule has 1 aliphatic rings. The van der Waals surface area contributed by atoms with Crippen LogP contribution in [0.5, 0.6) is 0 Å². The van der Waals surface area contributed by atoms with Crippen LogP contribution in [0.4, 0.5) is 11.4 Å². The SMILES string of the molecule is Cc1ccc(C)c(NC2CCc3cc(N)ccc32)c1. The molecule has 0 saturated heterocycles. The number of aryl methyl sites for hydroxylation is 3. The van der Waals surface area contributed by atoms with Gasteiger partial charge in [-0.2, -0.15) is 0 Å². The third-order valence-corrected chi connectivity index (χ3v) is 3.97. The molecule has 2 nitrogen and oxygen atoms in total. The van der Waals surface area contributed by atoms with Crippen molar-refractivity contribution in [1.82, 2.24) is 0 Å². The zero-order valence-corrected chi connectivity index (χ0v) is 11.5. The topological polar surface area (TPSA) is 38.0 Å². The number of benzene rings is 2. The number of fused-ring (bicyclic) bond motifs is 1. The average Bonchev–Trinajstić information content (AvgIpc) is 2.76. The maximum absolute atomic E-state index is 5.85. The van der Waals surface area contributed by atoms with Crippen molar-refractivity contribution in [2.45, 2.75) is 32.7 Å². The molecule has 2 aromatic rings. The van der Waals surface area contributed by atoms with Gasteiger partial charge in [0.15, 0.2) is 0 Å². The average molecular weight is 252 g/mol. The van der Waals surface area contributed by atoms with E-state index < -0.39 is 0 Å². The number of hydrogen-bond donors (Lipinski definition) is 2. The Kier molecular flexibility index (Phi) is 2.94. The van der Waals surface area contributed by atoms with E-state index in [-0.39, 0.29) is 0 Å². The summed E-state index contributed by atoms with van der Waals surface area (Å²) in [5.41, 5.74) is 13.3. The van der Waals surface area contributed by atoms with Crippen LogP contribution in [-0.2, 0) is 6.42 Å². The molecule has 0 fully saturated rings. The Labute approximate surface area is 114 Å². The standard InChI is InChI=1S/C17H20N2/c1-11-3-4-12(2)17(9-11)19-16-8-5-13-10-14(18)6-7-15(13)16/h3-4,6-7,9-10,16,19H,5,8,18H2,1-2H3. The van der Waals surface area contributed by atoms with Gasteiger partial charge in [0, 0.05) is 11.4 Å². The molecule has 2 aromatic carbocycles. The third kappa shape index (κ3) is 2.30. The number of nitrogens with one attached hydrogen (secondary N) is 1. The summed E-state index contributed by atoms with van der Waals surface area (Å²) in [5.74, 6) is 0. The molecule has 0 bridgehead atoms. The highest BCUT2D eigenvalue weighted by atomic mass is 14.9. The summed E-state index contributed by atoms with van der Waals surface area (Å²) in [5, 5.41) is 3.68. The van der Waals surface area contributed by atoms with Crippen LogP contribution < -0.4 is 11.1 Å². The van der Waals surface area contributed by atoms with Crippen LogP contribution >= 0.6 is 0 Å². The van der Waals surface area contributed by atoms with E-state index in [2.05, 4.69) is 49.5 Å². The van der Waals surface area contributed by atoms with E-state index in [9.17, 15) is 0 Å². The van der Waals surface area contributed by atoms with Crippen molar-refractivity contribution in [3.63, 3.8) is 0 Å². The van der Waals surface area contributed by atoms with E-state index in [1.54, 1.807) is 0 Å². The van der Waals surface area contributed by atoms with Crippen LogP contribution in [0.2, 0.25) is 0 Å². The summed E-state index contributed by atoms with van der Waals surface area (Å²) in [6.07, 6.45) is 2.26. The molecule has 19 heavy (non-hydrogen) atoms. The van der Waals surface area contributed by atoms with E-state index >= 15 is 0 Å². The minimum Gasteiger partial charge on any atom is -0.399 e. The van der Waals surface area contributed by atoms with Crippen molar-refractivity contribution < 1.29 is 0 Å². The Bertz CT molecular complexity index is 617. The lowest BCUT2D eigenvalue weighted by Crippen LogP contribution is -2.08. The highest BCUT2D eigenvalue weighted by molar-refractivity contribution is 5.56. The van der Waals surface area contributed by atoms with Gasteiger partial charge < -0.3 is 11.1 Å². The predicted octanol–water partition coefficient (Wildman–Crippen LogP) is 3.99. The highest BCUT2D eigenvalue weighted by Gasteiger charge is 2.22. The lowest BCUT2D eigenvalue weighted by Gasteiger charge is -2.18. The van der Waals surface area contributed by atoms with Crippen molar-refractivity contribution >= 4 is 11.4 Å². The molecule has 3 N–H and O–H groups in total. The van der Waals surface area contributed by atoms with E-state index in [4.69, 9.17) is 5.73 Å². The number of nitrogens with two attached hydrogens (primary N) is 1. The molecule has 98 valence electrons. The zero-order chi connectivity index (χ0) is 13.4. The fourth-order valence-corrected chi connectivity index (χ4v) is 2.87. The smallest absolute Gasteiger partial charge is 0.0519 e. The predicted molar refractivity (Wildman–Crippen MR) is 81.5 cm³/mol. The maximum atomic E-state index is 5.85. The van der Waals surface area contributed by atoms with Gasteiger partial charge in [-0.25, -0.2) is 0 Å². The van der Waals surface area contributed by atoms with Crippen LogP contribution in [0.1, 0.15) is 34.7 Å². The van der Waals surface area contributed by atoms with Crippen molar-refractivity contribution in [2.75, 3.05) is 11.1 Å². The van der Waals surface area contributed by atoms with Gasteiger partial charge >= 0.3 is 0 Å². The van der Waals surface area contributed by atoms with Crippen molar-refractivity contribution in [3.8, 4) is 0 Å². The van der Waals surface area contributed by atoms with Gasteiger partial charge in [0.1, 0.15) is 0 Å². The van der Waals surface area contributed by atoms with Crippen LogP contribution in [0.15, 0.2) is 36.4 Å². The van der Waals surface area contributed by atoms with Crippen molar-refractivity contribution in [2.24, 2.45) is 0 Å². The lowest BCUT2D eigenvalue weighted by atomic mass is 10.1. The normalized spacial score (nSPS) is 17.3. The molecule has 3 rings (SSSR count). The Balaban J connectivity index is 1.88. The van der Waals surface area contributed by atoms with Crippen molar-refractivity contribution in [1.29, 1.82) is 0 Å². The van der Waals surface area contributed by atoms with Crippen LogP contribution in [0.25, 0.3) is 0 Å². The Morgan fingerprint density at radius 2 is 1.95 bits per heavy atom. The molecule has 1 aliphatic carbocycles. The molecule has 2 heteroatoms. The molecule has 1 atom stereocenters. The second-order valence-electron chi connectivity index (χ2n) is 5.51. The van der Waals surface area contributed by atoms with Gasteiger partial charge in [-0.05, 0) is 67.1 Å². The molecule has 0 radical (unpaired) electrons. The van der Waals surface area contributed by atoms with Gasteiger partial charge in [0.05, 0.1) is 6.04 Å². The largest absolute Gasteiger partial charge is 0.399 e. The van der Waals surface area contributed by atoms with Gasteiger partial charge in [0.25, 0.3) is 0 Å². The second kappa shape index (κ2) is 4.61. The lowest BCUT2D eigenvalue weighted by molar-refractivity contribution is 0.761. The van der Waals surface area contributed by atoms with Crippen molar-refractivity contribution in [3.05, 3.63) is 58.7 Å². The van der Waals surface area contributed by atoms with Crippen LogP contribution in [0, 0.1) is 13.8 Å². The number of nitrogen functional groups attached to an aromatic ring is 1. The highest BCUT2D eigenvalue weighted by Crippen LogP contribution is 2.35. The first-order chi connectivity index (χ1) is 9.13. The van der Waals surface area contributed by atoms with Crippen LogP contribution in [0.3, 0.4) is 0 Å². The van der Waals surface area contributed by atoms with Gasteiger partial charge in [0.2, 0.25) is 0 Å². The van der Waals surface area contributed by atoms with E-state index in [0.29, 0.717) is 6.04 Å². The first-order valence-corrected chi connectivity index (χ1v) is 6.85.